The topological polar surface area (TPSA) is 74.5 Å². The predicted octanol–water partition coefficient (Wildman–Crippen LogP) is 0.850. The second-order valence-corrected chi connectivity index (χ2v) is 3.19. The molecule has 1 unspecified atom stereocenters. The van der Waals surface area contributed by atoms with Crippen LogP contribution in [0.1, 0.15) is 19.1 Å². The molecule has 0 spiro atoms. The van der Waals surface area contributed by atoms with Gasteiger partial charge in [0.1, 0.15) is 5.76 Å². The van der Waals surface area contributed by atoms with Crippen molar-refractivity contribution in [3.05, 3.63) is 24.2 Å². The van der Waals surface area contributed by atoms with Crippen LogP contribution in [0.5, 0.6) is 0 Å². The van der Waals surface area contributed by atoms with E-state index in [0.717, 1.165) is 0 Å². The molecule has 0 aromatic carbocycles. The van der Waals surface area contributed by atoms with Gasteiger partial charge in [0.25, 0.3) is 0 Å². The molecule has 2 amide bonds. The van der Waals surface area contributed by atoms with E-state index in [-0.39, 0.29) is 18.7 Å². The molecule has 0 aliphatic heterocycles. The van der Waals surface area contributed by atoms with Crippen LogP contribution in [0.4, 0.5) is 4.79 Å². The van der Waals surface area contributed by atoms with Gasteiger partial charge < -0.3 is 20.2 Å². The van der Waals surface area contributed by atoms with Crippen molar-refractivity contribution in [1.29, 1.82) is 0 Å². The molecule has 1 heterocycles. The summed E-state index contributed by atoms with van der Waals surface area (Å²) in [6.07, 6.45) is 2.25. The summed E-state index contributed by atoms with van der Waals surface area (Å²) in [6, 6.07) is 3.05. The van der Waals surface area contributed by atoms with E-state index in [4.69, 9.17) is 9.52 Å². The maximum Gasteiger partial charge on any atom is 0.315 e. The molecule has 1 rings (SSSR count). The summed E-state index contributed by atoms with van der Waals surface area (Å²) in [5, 5.41) is 14.1. The highest BCUT2D eigenvalue weighted by Crippen LogP contribution is 1.98. The largest absolute Gasteiger partial charge is 0.467 e. The first-order valence-corrected chi connectivity index (χ1v) is 4.93. The number of aliphatic hydroxyl groups excluding tert-OH is 1. The van der Waals surface area contributed by atoms with Crippen molar-refractivity contribution in [2.24, 2.45) is 0 Å². The van der Waals surface area contributed by atoms with Crippen LogP contribution in [0.2, 0.25) is 0 Å². The van der Waals surface area contributed by atoms with E-state index in [9.17, 15) is 4.79 Å². The van der Waals surface area contributed by atoms with E-state index in [1.165, 1.54) is 0 Å². The minimum absolute atomic E-state index is 0.0509. The number of urea groups is 1. The third-order valence-electron chi connectivity index (χ3n) is 2.05. The molecule has 0 saturated carbocycles. The average molecular weight is 212 g/mol. The Balaban J connectivity index is 2.24. The van der Waals surface area contributed by atoms with Gasteiger partial charge in [-0.3, -0.25) is 0 Å². The van der Waals surface area contributed by atoms with Gasteiger partial charge >= 0.3 is 6.03 Å². The highest BCUT2D eigenvalue weighted by Gasteiger charge is 2.08. The fourth-order valence-corrected chi connectivity index (χ4v) is 1.09. The van der Waals surface area contributed by atoms with E-state index in [2.05, 4.69) is 10.6 Å². The zero-order valence-electron chi connectivity index (χ0n) is 8.69. The third-order valence-corrected chi connectivity index (χ3v) is 2.05. The zero-order chi connectivity index (χ0) is 11.1. The minimum Gasteiger partial charge on any atom is -0.467 e. The van der Waals surface area contributed by atoms with E-state index < -0.39 is 0 Å². The molecule has 5 heteroatoms. The highest BCUT2D eigenvalue weighted by atomic mass is 16.3. The van der Waals surface area contributed by atoms with E-state index in [1.807, 2.05) is 6.92 Å². The Bertz CT molecular complexity index is 281. The van der Waals surface area contributed by atoms with Gasteiger partial charge in [0.2, 0.25) is 0 Å². The summed E-state index contributed by atoms with van der Waals surface area (Å²) < 4.78 is 5.05. The molecule has 1 aromatic rings. The second kappa shape index (κ2) is 6.08. The summed E-state index contributed by atoms with van der Waals surface area (Å²) in [4.78, 5) is 11.3. The molecule has 0 bridgehead atoms. The summed E-state index contributed by atoms with van der Waals surface area (Å²) in [7, 11) is 0. The van der Waals surface area contributed by atoms with Crippen molar-refractivity contribution < 1.29 is 14.3 Å². The summed E-state index contributed by atoms with van der Waals surface area (Å²) in [6.45, 7) is 2.19. The normalized spacial score (nSPS) is 12.1. The number of amides is 2. The molecule has 0 saturated heterocycles. The van der Waals surface area contributed by atoms with Crippen LogP contribution >= 0.6 is 0 Å². The third kappa shape index (κ3) is 4.03. The molecular formula is C10H16N2O3. The molecule has 15 heavy (non-hydrogen) atoms. The molecule has 0 aliphatic carbocycles. The SMILES string of the molecule is CCC(CO)NC(=O)NCc1ccco1. The van der Waals surface area contributed by atoms with E-state index in [1.54, 1.807) is 18.4 Å². The Morgan fingerprint density at radius 3 is 3.00 bits per heavy atom. The van der Waals surface area contributed by atoms with Gasteiger partial charge in [-0.2, -0.15) is 0 Å². The number of furan rings is 1. The maximum absolute atomic E-state index is 11.3. The first kappa shape index (κ1) is 11.6. The predicted molar refractivity (Wildman–Crippen MR) is 55.2 cm³/mol. The van der Waals surface area contributed by atoms with Crippen LogP contribution in [0.3, 0.4) is 0 Å². The van der Waals surface area contributed by atoms with Crippen LogP contribution in [-0.4, -0.2) is 23.8 Å². The molecule has 5 nitrogen and oxygen atoms in total. The Morgan fingerprint density at radius 2 is 2.47 bits per heavy atom. The van der Waals surface area contributed by atoms with Crippen molar-refractivity contribution in [3.8, 4) is 0 Å². The molecule has 0 radical (unpaired) electrons. The second-order valence-electron chi connectivity index (χ2n) is 3.19. The standard InChI is InChI=1S/C10H16N2O3/c1-2-8(7-13)12-10(14)11-6-9-4-3-5-15-9/h3-5,8,13H,2,6-7H2,1H3,(H2,11,12,14). The van der Waals surface area contributed by atoms with Gasteiger partial charge in [-0.05, 0) is 18.6 Å². The fraction of sp³-hybridized carbons (Fsp3) is 0.500. The van der Waals surface area contributed by atoms with Gasteiger partial charge in [0, 0.05) is 0 Å². The van der Waals surface area contributed by atoms with Crippen LogP contribution in [-0.2, 0) is 6.54 Å². The Kier molecular flexibility index (Phi) is 4.70. The number of carbonyl (C=O) groups excluding carboxylic acids is 1. The molecule has 1 aromatic heterocycles. The van der Waals surface area contributed by atoms with Crippen molar-refractivity contribution >= 4 is 6.03 Å². The lowest BCUT2D eigenvalue weighted by Gasteiger charge is -2.14. The van der Waals surface area contributed by atoms with Crippen LogP contribution < -0.4 is 10.6 Å². The van der Waals surface area contributed by atoms with Crippen molar-refractivity contribution in [3.63, 3.8) is 0 Å². The van der Waals surface area contributed by atoms with Crippen molar-refractivity contribution in [2.45, 2.75) is 25.9 Å². The average Bonchev–Trinajstić information content (AvgIpc) is 2.75. The Morgan fingerprint density at radius 1 is 1.67 bits per heavy atom. The fourth-order valence-electron chi connectivity index (χ4n) is 1.09. The van der Waals surface area contributed by atoms with Crippen LogP contribution in [0, 0.1) is 0 Å². The van der Waals surface area contributed by atoms with Crippen LogP contribution in [0.15, 0.2) is 22.8 Å². The summed E-state index contributed by atoms with van der Waals surface area (Å²) in [5.74, 6) is 0.696. The number of hydrogen-bond acceptors (Lipinski definition) is 3. The Hall–Kier alpha value is -1.49. The van der Waals surface area contributed by atoms with Crippen LogP contribution in [0.25, 0.3) is 0 Å². The summed E-state index contributed by atoms with van der Waals surface area (Å²) in [5.41, 5.74) is 0. The van der Waals surface area contributed by atoms with Crippen molar-refractivity contribution in [2.75, 3.05) is 6.61 Å². The van der Waals surface area contributed by atoms with E-state index >= 15 is 0 Å². The van der Waals surface area contributed by atoms with Gasteiger partial charge in [-0.1, -0.05) is 6.92 Å². The number of hydrogen-bond donors (Lipinski definition) is 3. The lowest BCUT2D eigenvalue weighted by atomic mass is 10.2. The molecule has 3 N–H and O–H groups in total. The number of carbonyl (C=O) groups is 1. The van der Waals surface area contributed by atoms with Gasteiger partial charge in [0.15, 0.2) is 0 Å². The molecule has 84 valence electrons. The van der Waals surface area contributed by atoms with Gasteiger partial charge in [-0.25, -0.2) is 4.79 Å². The smallest absolute Gasteiger partial charge is 0.315 e. The first-order chi connectivity index (χ1) is 7.26. The van der Waals surface area contributed by atoms with Gasteiger partial charge in [0.05, 0.1) is 25.5 Å². The van der Waals surface area contributed by atoms with E-state index in [0.29, 0.717) is 18.7 Å². The van der Waals surface area contributed by atoms with Gasteiger partial charge in [-0.15, -0.1) is 0 Å². The molecule has 0 fully saturated rings. The lowest BCUT2D eigenvalue weighted by Crippen LogP contribution is -2.43. The number of rotatable bonds is 5. The molecule has 1 atom stereocenters. The zero-order valence-corrected chi connectivity index (χ0v) is 8.69. The molecule has 0 aliphatic rings. The minimum atomic E-state index is -0.299. The monoisotopic (exact) mass is 212 g/mol. The summed E-state index contributed by atoms with van der Waals surface area (Å²) >= 11 is 0. The number of aliphatic hydroxyl groups is 1. The molecular weight excluding hydrogens is 196 g/mol. The maximum atomic E-state index is 11.3. The quantitative estimate of drug-likeness (QED) is 0.677. The first-order valence-electron chi connectivity index (χ1n) is 4.93. The van der Waals surface area contributed by atoms with Crippen molar-refractivity contribution in [1.82, 2.24) is 10.6 Å². The number of nitrogens with one attached hydrogen (secondary N) is 2. The lowest BCUT2D eigenvalue weighted by molar-refractivity contribution is 0.213. The Labute approximate surface area is 88.5 Å². The highest BCUT2D eigenvalue weighted by molar-refractivity contribution is 5.74.